The lowest BCUT2D eigenvalue weighted by atomic mass is 10.0. The second kappa shape index (κ2) is 7.84. The second-order valence-corrected chi connectivity index (χ2v) is 8.03. The molecule has 0 amide bonds. The molecule has 0 radical (unpaired) electrons. The van der Waals surface area contributed by atoms with Crippen molar-refractivity contribution in [3.8, 4) is 0 Å². The number of nitrogens with zero attached hydrogens (tertiary/aromatic N) is 1. The molecule has 0 saturated carbocycles. The van der Waals surface area contributed by atoms with E-state index in [0.717, 1.165) is 38.2 Å². The summed E-state index contributed by atoms with van der Waals surface area (Å²) in [6.07, 6.45) is -1.79. The van der Waals surface area contributed by atoms with E-state index in [1.165, 1.54) is 18.6 Å². The van der Waals surface area contributed by atoms with Gasteiger partial charge in [-0.2, -0.15) is 13.2 Å². The lowest BCUT2D eigenvalue weighted by molar-refractivity contribution is -0.139. The number of nitrogens with one attached hydrogen (secondary N) is 1. The summed E-state index contributed by atoms with van der Waals surface area (Å²) in [5.74, 6) is 0.633. The number of sulfonamides is 1. The average Bonchev–Trinajstić information content (AvgIpc) is 2.51. The van der Waals surface area contributed by atoms with Crippen molar-refractivity contribution in [1.29, 1.82) is 0 Å². The molecule has 0 aromatic heterocycles. The zero-order valence-corrected chi connectivity index (χ0v) is 14.5. The zero-order chi connectivity index (χ0) is 17.8. The average molecular weight is 364 g/mol. The summed E-state index contributed by atoms with van der Waals surface area (Å²) in [6, 6.07) is 4.24. The molecule has 1 atom stereocenters. The van der Waals surface area contributed by atoms with Crippen molar-refractivity contribution in [2.75, 3.05) is 26.2 Å². The number of benzene rings is 1. The molecule has 0 aliphatic carbocycles. The van der Waals surface area contributed by atoms with E-state index >= 15 is 0 Å². The molecule has 1 aliphatic heterocycles. The van der Waals surface area contributed by atoms with Crippen LogP contribution >= 0.6 is 0 Å². The van der Waals surface area contributed by atoms with Gasteiger partial charge in [0.05, 0.1) is 10.5 Å². The smallest absolute Gasteiger partial charge is 0.303 e. The van der Waals surface area contributed by atoms with Crippen molar-refractivity contribution in [3.05, 3.63) is 29.8 Å². The van der Waals surface area contributed by atoms with Gasteiger partial charge in [0.1, 0.15) is 0 Å². The molecule has 0 spiro atoms. The topological polar surface area (TPSA) is 49.4 Å². The number of halogens is 3. The van der Waals surface area contributed by atoms with Gasteiger partial charge < -0.3 is 4.90 Å². The molecule has 1 N–H and O–H groups in total. The molecule has 24 heavy (non-hydrogen) atoms. The molecule has 1 aromatic rings. The highest BCUT2D eigenvalue weighted by Crippen LogP contribution is 2.33. The summed E-state index contributed by atoms with van der Waals surface area (Å²) in [6.45, 7) is 5.04. The van der Waals surface area contributed by atoms with Crippen LogP contribution in [0.15, 0.2) is 29.2 Å². The highest BCUT2D eigenvalue weighted by atomic mass is 32.2. The Morgan fingerprint density at radius 3 is 2.67 bits per heavy atom. The van der Waals surface area contributed by atoms with Crippen molar-refractivity contribution in [2.45, 2.75) is 37.3 Å². The lowest BCUT2D eigenvalue weighted by Gasteiger charge is -2.30. The maximum Gasteiger partial charge on any atom is 0.417 e. The fourth-order valence-corrected chi connectivity index (χ4v) is 4.31. The summed E-state index contributed by atoms with van der Waals surface area (Å²) >= 11 is 0. The SMILES string of the molecule is C[C@@H]1CCCN(CCCNS(=O)(=O)c2ccccc2C(F)(F)F)C1. The number of likely N-dealkylation sites (tertiary alicyclic amines) is 1. The van der Waals surface area contributed by atoms with Crippen LogP contribution in [0.25, 0.3) is 0 Å². The first kappa shape index (κ1) is 19.2. The van der Waals surface area contributed by atoms with Crippen LogP contribution in [0.4, 0.5) is 13.2 Å². The molecule has 1 heterocycles. The fraction of sp³-hybridized carbons (Fsp3) is 0.625. The minimum absolute atomic E-state index is 0.124. The highest BCUT2D eigenvalue weighted by Gasteiger charge is 2.36. The first-order valence-corrected chi connectivity index (χ1v) is 9.57. The Hall–Kier alpha value is -1.12. The molecule has 1 aliphatic rings. The van der Waals surface area contributed by atoms with Crippen LogP contribution in [0.3, 0.4) is 0 Å². The molecule has 2 rings (SSSR count). The van der Waals surface area contributed by atoms with Gasteiger partial charge in [0.25, 0.3) is 0 Å². The summed E-state index contributed by atoms with van der Waals surface area (Å²) in [7, 11) is -4.18. The van der Waals surface area contributed by atoms with Crippen molar-refractivity contribution in [1.82, 2.24) is 9.62 Å². The van der Waals surface area contributed by atoms with Gasteiger partial charge in [0, 0.05) is 13.1 Å². The van der Waals surface area contributed by atoms with Crippen LogP contribution in [-0.2, 0) is 16.2 Å². The summed E-state index contributed by atoms with van der Waals surface area (Å²) < 4.78 is 65.5. The van der Waals surface area contributed by atoms with E-state index in [1.807, 2.05) is 0 Å². The molecule has 1 aromatic carbocycles. The maximum atomic E-state index is 12.9. The third kappa shape index (κ3) is 5.19. The van der Waals surface area contributed by atoms with Crippen molar-refractivity contribution < 1.29 is 21.6 Å². The lowest BCUT2D eigenvalue weighted by Crippen LogP contribution is -2.36. The van der Waals surface area contributed by atoms with Gasteiger partial charge in [-0.3, -0.25) is 0 Å². The number of rotatable bonds is 6. The molecular formula is C16H23F3N2O2S. The molecule has 4 nitrogen and oxygen atoms in total. The standard InChI is InChI=1S/C16H23F3N2O2S/c1-13-6-4-10-21(12-13)11-5-9-20-24(22,23)15-8-3-2-7-14(15)16(17,18)19/h2-3,7-8,13,20H,4-6,9-12H2,1H3/t13-/m1/s1. The minimum atomic E-state index is -4.70. The van der Waals surface area contributed by atoms with Gasteiger partial charge in [0.2, 0.25) is 10.0 Å². The Bertz CT molecular complexity index is 647. The molecule has 1 saturated heterocycles. The van der Waals surface area contributed by atoms with Crippen LogP contribution in [0.2, 0.25) is 0 Å². The predicted octanol–water partition coefficient (Wildman–Crippen LogP) is 3.11. The van der Waals surface area contributed by atoms with Crippen LogP contribution in [0.5, 0.6) is 0 Å². The maximum absolute atomic E-state index is 12.9. The Balaban J connectivity index is 1.92. The fourth-order valence-electron chi connectivity index (χ4n) is 3.01. The zero-order valence-electron chi connectivity index (χ0n) is 13.6. The molecule has 136 valence electrons. The summed E-state index contributed by atoms with van der Waals surface area (Å²) in [4.78, 5) is 1.55. The largest absolute Gasteiger partial charge is 0.417 e. The predicted molar refractivity (Wildman–Crippen MR) is 86.1 cm³/mol. The quantitative estimate of drug-likeness (QED) is 0.789. The first-order chi connectivity index (χ1) is 11.2. The van der Waals surface area contributed by atoms with Gasteiger partial charge in [-0.05, 0) is 50.4 Å². The van der Waals surface area contributed by atoms with Crippen molar-refractivity contribution in [3.63, 3.8) is 0 Å². The van der Waals surface area contributed by atoms with E-state index in [-0.39, 0.29) is 6.54 Å². The number of piperidine rings is 1. The Morgan fingerprint density at radius 2 is 2.00 bits per heavy atom. The number of alkyl halides is 3. The van der Waals surface area contributed by atoms with Gasteiger partial charge in [0.15, 0.2) is 0 Å². The Kier molecular flexibility index (Phi) is 6.28. The number of hydrogen-bond donors (Lipinski definition) is 1. The van der Waals surface area contributed by atoms with E-state index in [1.54, 1.807) is 0 Å². The third-order valence-corrected chi connectivity index (χ3v) is 5.69. The first-order valence-electron chi connectivity index (χ1n) is 8.08. The van der Waals surface area contributed by atoms with E-state index in [2.05, 4.69) is 16.5 Å². The second-order valence-electron chi connectivity index (χ2n) is 6.29. The van der Waals surface area contributed by atoms with Crippen LogP contribution in [0.1, 0.15) is 31.7 Å². The van der Waals surface area contributed by atoms with Crippen molar-refractivity contribution >= 4 is 10.0 Å². The summed E-state index contributed by atoms with van der Waals surface area (Å²) in [5.41, 5.74) is -1.14. The molecule has 0 unspecified atom stereocenters. The van der Waals surface area contributed by atoms with Crippen LogP contribution in [-0.4, -0.2) is 39.5 Å². The monoisotopic (exact) mass is 364 g/mol. The van der Waals surface area contributed by atoms with Gasteiger partial charge in [-0.25, -0.2) is 13.1 Å². The Morgan fingerprint density at radius 1 is 1.29 bits per heavy atom. The van der Waals surface area contributed by atoms with E-state index in [9.17, 15) is 21.6 Å². The van der Waals surface area contributed by atoms with E-state index in [0.29, 0.717) is 12.3 Å². The van der Waals surface area contributed by atoms with Crippen LogP contribution < -0.4 is 4.72 Å². The normalized spacial score (nSPS) is 20.2. The summed E-state index contributed by atoms with van der Waals surface area (Å²) in [5, 5.41) is 0. The molecule has 0 bridgehead atoms. The molecule has 8 heteroatoms. The molecular weight excluding hydrogens is 341 g/mol. The van der Waals surface area contributed by atoms with Crippen molar-refractivity contribution in [2.24, 2.45) is 5.92 Å². The Labute approximate surface area is 141 Å². The van der Waals surface area contributed by atoms with E-state index < -0.39 is 26.7 Å². The number of hydrogen-bond acceptors (Lipinski definition) is 3. The highest BCUT2D eigenvalue weighted by molar-refractivity contribution is 7.89. The molecule has 1 fully saturated rings. The van der Waals surface area contributed by atoms with Gasteiger partial charge in [-0.15, -0.1) is 0 Å². The van der Waals surface area contributed by atoms with Gasteiger partial charge >= 0.3 is 6.18 Å². The minimum Gasteiger partial charge on any atom is -0.303 e. The van der Waals surface area contributed by atoms with Crippen LogP contribution in [0, 0.1) is 5.92 Å². The third-order valence-electron chi connectivity index (χ3n) is 4.17. The van der Waals surface area contributed by atoms with Gasteiger partial charge in [-0.1, -0.05) is 19.1 Å². The van der Waals surface area contributed by atoms with E-state index in [4.69, 9.17) is 0 Å².